The summed E-state index contributed by atoms with van der Waals surface area (Å²) in [6, 6.07) is 6.59. The van der Waals surface area contributed by atoms with Crippen LogP contribution in [-0.4, -0.2) is 66.3 Å². The van der Waals surface area contributed by atoms with Crippen LogP contribution in [0.4, 0.5) is 5.69 Å². The Morgan fingerprint density at radius 3 is 2.68 bits per heavy atom. The molecule has 0 spiro atoms. The molecular formula is C17H20N2O6. The zero-order valence-corrected chi connectivity index (χ0v) is 13.6. The molecular weight excluding hydrogens is 328 g/mol. The summed E-state index contributed by atoms with van der Waals surface area (Å²) in [6.45, 7) is 1.09. The van der Waals surface area contributed by atoms with Crippen LogP contribution in [0.3, 0.4) is 0 Å². The van der Waals surface area contributed by atoms with Crippen molar-refractivity contribution in [2.45, 2.75) is 25.0 Å². The first-order chi connectivity index (χ1) is 12.0. The summed E-state index contributed by atoms with van der Waals surface area (Å²) < 4.78 is 10.5. The molecule has 2 fully saturated rings. The molecule has 2 aliphatic heterocycles. The standard InChI is InChI=1S/C17H20N2O6/c20-15(13-5-2-7-24-13)18-12-4-1-3-11(9-12)16(21)19-6-8-25-14(10-19)17(22)23/h1,3-4,9,13-14H,2,5-8,10H2,(H,18,20)(H,22,23). The van der Waals surface area contributed by atoms with Crippen LogP contribution in [0.5, 0.6) is 0 Å². The van der Waals surface area contributed by atoms with E-state index in [1.165, 1.54) is 4.90 Å². The van der Waals surface area contributed by atoms with E-state index in [9.17, 15) is 14.4 Å². The van der Waals surface area contributed by atoms with Crippen molar-refractivity contribution in [3.63, 3.8) is 0 Å². The lowest BCUT2D eigenvalue weighted by Gasteiger charge is -2.31. The average molecular weight is 348 g/mol. The molecule has 0 aliphatic carbocycles. The lowest BCUT2D eigenvalue weighted by atomic mass is 10.1. The predicted octanol–water partition coefficient (Wildman–Crippen LogP) is 0.730. The maximum Gasteiger partial charge on any atom is 0.334 e. The number of carboxylic acid groups (broad SMARTS) is 1. The second kappa shape index (κ2) is 7.62. The van der Waals surface area contributed by atoms with E-state index >= 15 is 0 Å². The van der Waals surface area contributed by atoms with Crippen LogP contribution >= 0.6 is 0 Å². The zero-order chi connectivity index (χ0) is 17.8. The molecule has 2 atom stereocenters. The molecule has 2 heterocycles. The monoisotopic (exact) mass is 348 g/mol. The number of amides is 2. The largest absolute Gasteiger partial charge is 0.479 e. The highest BCUT2D eigenvalue weighted by molar-refractivity contribution is 5.98. The average Bonchev–Trinajstić information content (AvgIpc) is 3.16. The van der Waals surface area contributed by atoms with Crippen molar-refractivity contribution < 1.29 is 29.0 Å². The van der Waals surface area contributed by atoms with E-state index < -0.39 is 18.2 Å². The van der Waals surface area contributed by atoms with E-state index in [4.69, 9.17) is 14.6 Å². The number of hydrogen-bond donors (Lipinski definition) is 2. The van der Waals surface area contributed by atoms with Gasteiger partial charge in [-0.1, -0.05) is 6.07 Å². The Labute approximate surface area is 144 Å². The predicted molar refractivity (Wildman–Crippen MR) is 87.3 cm³/mol. The topological polar surface area (TPSA) is 105 Å². The molecule has 134 valence electrons. The molecule has 0 radical (unpaired) electrons. The van der Waals surface area contributed by atoms with Crippen molar-refractivity contribution in [2.75, 3.05) is 31.6 Å². The Morgan fingerprint density at radius 1 is 1.16 bits per heavy atom. The van der Waals surface area contributed by atoms with Crippen LogP contribution in [0, 0.1) is 0 Å². The highest BCUT2D eigenvalue weighted by atomic mass is 16.5. The Hall–Kier alpha value is -2.45. The lowest BCUT2D eigenvalue weighted by molar-refractivity contribution is -0.154. The summed E-state index contributed by atoms with van der Waals surface area (Å²) in [7, 11) is 0. The maximum absolute atomic E-state index is 12.6. The SMILES string of the molecule is O=C(O)C1CN(C(=O)c2cccc(NC(=O)C3CCCO3)c2)CCO1. The Kier molecular flexibility index (Phi) is 5.30. The molecule has 2 N–H and O–H groups in total. The number of aliphatic carboxylic acids is 1. The van der Waals surface area contributed by atoms with Crippen molar-refractivity contribution in [3.05, 3.63) is 29.8 Å². The number of anilines is 1. The molecule has 0 aromatic heterocycles. The summed E-state index contributed by atoms with van der Waals surface area (Å²) in [4.78, 5) is 37.2. The van der Waals surface area contributed by atoms with Gasteiger partial charge in [-0.25, -0.2) is 4.79 Å². The number of carboxylic acids is 1. The summed E-state index contributed by atoms with van der Waals surface area (Å²) in [6.07, 6.45) is 0.0859. The van der Waals surface area contributed by atoms with Gasteiger partial charge in [0.05, 0.1) is 13.2 Å². The van der Waals surface area contributed by atoms with E-state index in [0.717, 1.165) is 6.42 Å². The molecule has 25 heavy (non-hydrogen) atoms. The third kappa shape index (κ3) is 4.15. The van der Waals surface area contributed by atoms with Crippen LogP contribution in [0.15, 0.2) is 24.3 Å². The molecule has 2 aliphatic rings. The fraction of sp³-hybridized carbons (Fsp3) is 0.471. The van der Waals surface area contributed by atoms with Crippen LogP contribution in [0.1, 0.15) is 23.2 Å². The van der Waals surface area contributed by atoms with Crippen molar-refractivity contribution in [1.82, 2.24) is 4.90 Å². The van der Waals surface area contributed by atoms with Gasteiger partial charge in [-0.3, -0.25) is 9.59 Å². The van der Waals surface area contributed by atoms with E-state index in [-0.39, 0.29) is 25.0 Å². The van der Waals surface area contributed by atoms with Gasteiger partial charge in [0.2, 0.25) is 0 Å². The van der Waals surface area contributed by atoms with Crippen molar-refractivity contribution in [3.8, 4) is 0 Å². The Bertz CT molecular complexity index is 671. The lowest BCUT2D eigenvalue weighted by Crippen LogP contribution is -2.48. The zero-order valence-electron chi connectivity index (χ0n) is 13.6. The van der Waals surface area contributed by atoms with E-state index in [2.05, 4.69) is 5.32 Å². The summed E-state index contributed by atoms with van der Waals surface area (Å²) in [5.41, 5.74) is 0.894. The molecule has 2 saturated heterocycles. The number of nitrogens with one attached hydrogen (secondary N) is 1. The maximum atomic E-state index is 12.6. The molecule has 0 bridgehead atoms. The smallest absolute Gasteiger partial charge is 0.334 e. The number of hydrogen-bond acceptors (Lipinski definition) is 5. The number of carbonyl (C=O) groups excluding carboxylic acids is 2. The highest BCUT2D eigenvalue weighted by Crippen LogP contribution is 2.18. The van der Waals surface area contributed by atoms with Crippen molar-refractivity contribution >= 4 is 23.5 Å². The minimum Gasteiger partial charge on any atom is -0.479 e. The van der Waals surface area contributed by atoms with Crippen LogP contribution in [0.2, 0.25) is 0 Å². The number of morpholine rings is 1. The van der Waals surface area contributed by atoms with E-state index in [1.807, 2.05) is 0 Å². The number of rotatable bonds is 4. The van der Waals surface area contributed by atoms with Gasteiger partial charge >= 0.3 is 5.97 Å². The normalized spacial score (nSPS) is 23.3. The third-order valence-corrected chi connectivity index (χ3v) is 4.23. The molecule has 0 saturated carbocycles. The number of carbonyl (C=O) groups is 3. The fourth-order valence-electron chi connectivity index (χ4n) is 2.90. The number of ether oxygens (including phenoxy) is 2. The van der Waals surface area contributed by atoms with Gasteiger partial charge in [0, 0.05) is 24.4 Å². The second-order valence-corrected chi connectivity index (χ2v) is 6.02. The van der Waals surface area contributed by atoms with Gasteiger partial charge in [-0.15, -0.1) is 0 Å². The summed E-state index contributed by atoms with van der Waals surface area (Å²) >= 11 is 0. The van der Waals surface area contributed by atoms with Gasteiger partial charge in [0.1, 0.15) is 6.10 Å². The van der Waals surface area contributed by atoms with E-state index in [0.29, 0.717) is 30.8 Å². The molecule has 2 unspecified atom stereocenters. The first-order valence-electron chi connectivity index (χ1n) is 8.21. The molecule has 3 rings (SSSR count). The third-order valence-electron chi connectivity index (χ3n) is 4.23. The summed E-state index contributed by atoms with van der Waals surface area (Å²) in [5.74, 6) is -1.60. The van der Waals surface area contributed by atoms with Gasteiger partial charge < -0.3 is 24.8 Å². The Morgan fingerprint density at radius 2 is 1.96 bits per heavy atom. The van der Waals surface area contributed by atoms with Gasteiger partial charge in [0.25, 0.3) is 11.8 Å². The second-order valence-electron chi connectivity index (χ2n) is 6.02. The molecule has 8 nitrogen and oxygen atoms in total. The highest BCUT2D eigenvalue weighted by Gasteiger charge is 2.29. The van der Waals surface area contributed by atoms with Crippen LogP contribution in [-0.2, 0) is 19.1 Å². The Balaban J connectivity index is 1.66. The quantitative estimate of drug-likeness (QED) is 0.831. The molecule has 2 amide bonds. The van der Waals surface area contributed by atoms with Crippen molar-refractivity contribution in [1.29, 1.82) is 0 Å². The minimum atomic E-state index is -1.09. The summed E-state index contributed by atoms with van der Waals surface area (Å²) in [5, 5.41) is 11.8. The van der Waals surface area contributed by atoms with Gasteiger partial charge in [-0.2, -0.15) is 0 Å². The van der Waals surface area contributed by atoms with Crippen LogP contribution < -0.4 is 5.32 Å². The molecule has 8 heteroatoms. The fourth-order valence-corrected chi connectivity index (χ4v) is 2.90. The van der Waals surface area contributed by atoms with Crippen LogP contribution in [0.25, 0.3) is 0 Å². The first kappa shape index (κ1) is 17.4. The van der Waals surface area contributed by atoms with Gasteiger partial charge in [0.15, 0.2) is 6.10 Å². The first-order valence-corrected chi connectivity index (χ1v) is 8.21. The number of benzene rings is 1. The van der Waals surface area contributed by atoms with Crippen molar-refractivity contribution in [2.24, 2.45) is 0 Å². The molecule has 1 aromatic rings. The van der Waals surface area contributed by atoms with Gasteiger partial charge in [-0.05, 0) is 31.0 Å². The molecule has 1 aromatic carbocycles. The van der Waals surface area contributed by atoms with E-state index in [1.54, 1.807) is 24.3 Å². The number of nitrogens with zero attached hydrogens (tertiary/aromatic N) is 1. The minimum absolute atomic E-state index is 0.000662.